The largest absolute Gasteiger partial charge is 0.468 e. The number of methoxy groups -OCH3 is 1. The van der Waals surface area contributed by atoms with E-state index in [-0.39, 0.29) is 0 Å². The van der Waals surface area contributed by atoms with Gasteiger partial charge in [0.25, 0.3) is 0 Å². The number of pyridine rings is 2. The molecule has 0 amide bonds. The predicted octanol–water partition coefficient (Wildman–Crippen LogP) is 3.66. The summed E-state index contributed by atoms with van der Waals surface area (Å²) in [5.41, 5.74) is 6.43. The van der Waals surface area contributed by atoms with Crippen LogP contribution in [0.2, 0.25) is 0 Å². The third kappa shape index (κ3) is 4.20. The van der Waals surface area contributed by atoms with Crippen molar-refractivity contribution in [3.8, 4) is 29.6 Å². The SMILES string of the molecule is COc1nc2cnc3ccc(C#Cc4cccnc4)cc3c2n1-c1ccc(N2CCNCC2)c(C#N)c1. The molecule has 5 aromatic rings. The maximum absolute atomic E-state index is 9.99. The van der Waals surface area contributed by atoms with Crippen LogP contribution in [0.25, 0.3) is 27.6 Å². The summed E-state index contributed by atoms with van der Waals surface area (Å²) in [7, 11) is 1.60. The molecule has 1 aliphatic heterocycles. The summed E-state index contributed by atoms with van der Waals surface area (Å²) in [6, 6.07) is 18.5. The van der Waals surface area contributed by atoms with Gasteiger partial charge in [-0.25, -0.2) is 0 Å². The number of ether oxygens (including phenoxy) is 1. The molecule has 0 unspecified atom stereocenters. The van der Waals surface area contributed by atoms with Crippen LogP contribution in [0.5, 0.6) is 6.01 Å². The Bertz CT molecular complexity index is 1720. The Morgan fingerprint density at radius 3 is 2.62 bits per heavy atom. The number of aromatic nitrogens is 4. The molecule has 8 heteroatoms. The van der Waals surface area contributed by atoms with Gasteiger partial charge < -0.3 is 15.0 Å². The minimum Gasteiger partial charge on any atom is -0.468 e. The van der Waals surface area contributed by atoms with Crippen molar-refractivity contribution in [2.45, 2.75) is 0 Å². The summed E-state index contributed by atoms with van der Waals surface area (Å²) in [5, 5.41) is 14.3. The Kier molecular flexibility index (Phi) is 5.86. The standard InChI is InChI=1S/C29H23N7O/c1-37-29-34-26-19-33-25-8-6-20(4-5-21-3-2-10-32-18-21)15-24(25)28(26)36(29)23-7-9-27(22(16-23)17-30)35-13-11-31-12-14-35/h2-3,6-10,15-16,18-19,31H,11-14H2,1H3. The molecule has 0 atom stereocenters. The lowest BCUT2D eigenvalue weighted by atomic mass is 10.1. The van der Waals surface area contributed by atoms with Gasteiger partial charge in [-0.05, 0) is 48.5 Å². The highest BCUT2D eigenvalue weighted by Gasteiger charge is 2.20. The van der Waals surface area contributed by atoms with Crippen LogP contribution >= 0.6 is 0 Å². The molecule has 1 fully saturated rings. The van der Waals surface area contributed by atoms with Gasteiger partial charge in [0.05, 0.1) is 41.3 Å². The minimum atomic E-state index is 0.426. The fraction of sp³-hybridized carbons (Fsp3) is 0.172. The molecule has 0 aliphatic carbocycles. The zero-order chi connectivity index (χ0) is 25.2. The number of nitriles is 1. The van der Waals surface area contributed by atoms with Gasteiger partial charge in [0.1, 0.15) is 11.6 Å². The zero-order valence-electron chi connectivity index (χ0n) is 20.3. The third-order valence-electron chi connectivity index (χ3n) is 6.46. The van der Waals surface area contributed by atoms with Crippen molar-refractivity contribution in [3.05, 3.63) is 83.8 Å². The van der Waals surface area contributed by atoms with Gasteiger partial charge in [-0.3, -0.25) is 14.5 Å². The van der Waals surface area contributed by atoms with Crippen molar-refractivity contribution in [1.82, 2.24) is 24.8 Å². The molecule has 0 bridgehead atoms. The number of piperazine rings is 1. The monoisotopic (exact) mass is 485 g/mol. The molecule has 3 aromatic heterocycles. The topological polar surface area (TPSA) is 91.9 Å². The Balaban J connectivity index is 1.51. The van der Waals surface area contributed by atoms with Crippen molar-refractivity contribution >= 4 is 27.6 Å². The van der Waals surface area contributed by atoms with Crippen molar-refractivity contribution in [1.29, 1.82) is 5.26 Å². The molecular weight excluding hydrogens is 462 g/mol. The summed E-state index contributed by atoms with van der Waals surface area (Å²) >= 11 is 0. The van der Waals surface area contributed by atoms with Crippen LogP contribution in [0.1, 0.15) is 16.7 Å². The Hall–Kier alpha value is -4.92. The summed E-state index contributed by atoms with van der Waals surface area (Å²) in [6.45, 7) is 3.53. The zero-order valence-corrected chi connectivity index (χ0v) is 20.3. The van der Waals surface area contributed by atoms with E-state index in [9.17, 15) is 5.26 Å². The molecule has 1 N–H and O–H groups in total. The smallest absolute Gasteiger partial charge is 0.301 e. The van der Waals surface area contributed by atoms with Crippen molar-refractivity contribution < 1.29 is 4.74 Å². The average molecular weight is 486 g/mol. The molecule has 2 aromatic carbocycles. The van der Waals surface area contributed by atoms with Crippen LogP contribution in [-0.4, -0.2) is 52.8 Å². The molecule has 37 heavy (non-hydrogen) atoms. The van der Waals surface area contributed by atoms with Gasteiger partial charge in [0.2, 0.25) is 0 Å². The molecule has 0 spiro atoms. The summed E-state index contributed by atoms with van der Waals surface area (Å²) < 4.78 is 7.62. The van der Waals surface area contributed by atoms with Crippen molar-refractivity contribution in [3.63, 3.8) is 0 Å². The maximum Gasteiger partial charge on any atom is 0.301 e. The van der Waals surface area contributed by atoms with Crippen LogP contribution in [-0.2, 0) is 0 Å². The molecule has 6 rings (SSSR count). The Morgan fingerprint density at radius 1 is 0.973 bits per heavy atom. The van der Waals surface area contributed by atoms with E-state index < -0.39 is 0 Å². The van der Waals surface area contributed by atoms with E-state index in [0.29, 0.717) is 17.1 Å². The number of benzene rings is 2. The lowest BCUT2D eigenvalue weighted by Crippen LogP contribution is -2.43. The summed E-state index contributed by atoms with van der Waals surface area (Å²) in [5.74, 6) is 6.39. The van der Waals surface area contributed by atoms with Gasteiger partial charge in [-0.2, -0.15) is 10.2 Å². The molecule has 0 saturated carbocycles. The van der Waals surface area contributed by atoms with E-state index in [4.69, 9.17) is 4.74 Å². The second-order valence-electron chi connectivity index (χ2n) is 8.70. The second kappa shape index (κ2) is 9.62. The number of hydrogen-bond donors (Lipinski definition) is 1. The highest BCUT2D eigenvalue weighted by atomic mass is 16.5. The van der Waals surface area contributed by atoms with Crippen LogP contribution < -0.4 is 15.0 Å². The van der Waals surface area contributed by atoms with Crippen LogP contribution in [0.4, 0.5) is 5.69 Å². The van der Waals surface area contributed by atoms with Gasteiger partial charge >= 0.3 is 6.01 Å². The van der Waals surface area contributed by atoms with Gasteiger partial charge in [-0.1, -0.05) is 11.8 Å². The van der Waals surface area contributed by atoms with Crippen LogP contribution in [0.15, 0.2) is 67.1 Å². The minimum absolute atomic E-state index is 0.426. The fourth-order valence-electron chi connectivity index (χ4n) is 4.70. The maximum atomic E-state index is 9.99. The second-order valence-corrected chi connectivity index (χ2v) is 8.70. The van der Waals surface area contributed by atoms with Gasteiger partial charge in [0, 0.05) is 55.1 Å². The highest BCUT2D eigenvalue weighted by Crippen LogP contribution is 2.33. The number of fused-ring (bicyclic) bond motifs is 3. The first-order chi connectivity index (χ1) is 18.2. The first-order valence-corrected chi connectivity index (χ1v) is 12.0. The molecule has 0 radical (unpaired) electrons. The summed E-state index contributed by atoms with van der Waals surface area (Å²) in [4.78, 5) is 15.7. The van der Waals surface area contributed by atoms with E-state index >= 15 is 0 Å². The number of rotatable bonds is 3. The van der Waals surface area contributed by atoms with E-state index in [0.717, 1.165) is 65.1 Å². The molecule has 1 saturated heterocycles. The molecule has 1 aliphatic rings. The van der Waals surface area contributed by atoms with Crippen LogP contribution in [0.3, 0.4) is 0 Å². The molecule has 4 heterocycles. The molecule has 8 nitrogen and oxygen atoms in total. The Labute approximate surface area is 214 Å². The number of anilines is 1. The van der Waals surface area contributed by atoms with Gasteiger partial charge in [-0.15, -0.1) is 0 Å². The lowest BCUT2D eigenvalue weighted by Gasteiger charge is -2.30. The number of nitrogens with zero attached hydrogens (tertiary/aromatic N) is 6. The van der Waals surface area contributed by atoms with Crippen LogP contribution in [0, 0.1) is 23.2 Å². The highest BCUT2D eigenvalue weighted by molar-refractivity contribution is 6.04. The number of nitrogens with one attached hydrogen (secondary N) is 1. The first kappa shape index (κ1) is 22.5. The van der Waals surface area contributed by atoms with Crippen molar-refractivity contribution in [2.24, 2.45) is 0 Å². The van der Waals surface area contributed by atoms with Crippen molar-refractivity contribution in [2.75, 3.05) is 38.2 Å². The first-order valence-electron chi connectivity index (χ1n) is 12.0. The fourth-order valence-corrected chi connectivity index (χ4v) is 4.70. The van der Waals surface area contributed by atoms with E-state index in [2.05, 4.69) is 43.1 Å². The summed E-state index contributed by atoms with van der Waals surface area (Å²) in [6.07, 6.45) is 5.22. The quantitative estimate of drug-likeness (QED) is 0.390. The van der Waals surface area contributed by atoms with E-state index in [1.807, 2.05) is 53.1 Å². The lowest BCUT2D eigenvalue weighted by molar-refractivity contribution is 0.376. The number of imidazole rings is 1. The third-order valence-corrected chi connectivity index (χ3v) is 6.46. The van der Waals surface area contributed by atoms with Gasteiger partial charge in [0.15, 0.2) is 0 Å². The molecular formula is C29H23N7O. The average Bonchev–Trinajstić information content (AvgIpc) is 3.36. The normalized spacial score (nSPS) is 13.2. The van der Waals surface area contributed by atoms with E-state index in [1.165, 1.54) is 0 Å². The number of hydrogen-bond acceptors (Lipinski definition) is 7. The molecule has 180 valence electrons. The van der Waals surface area contributed by atoms with E-state index in [1.54, 1.807) is 25.7 Å². The predicted molar refractivity (Wildman–Crippen MR) is 143 cm³/mol. The Morgan fingerprint density at radius 2 is 1.84 bits per heavy atom.